The van der Waals surface area contributed by atoms with Gasteiger partial charge in [-0.2, -0.15) is 0 Å². The summed E-state index contributed by atoms with van der Waals surface area (Å²) in [6.45, 7) is 24.7. The SMILES string of the molecule is CCC(=CC=CC(=O)O)c1ccc(COc2ccc(C(O[Si](C)C)C(C)(C)C)c(C(O[Si](C)C)C(C)(C)C)c2)s1. The number of carboxylic acid groups (broad SMARTS) is 1. The van der Waals surface area contributed by atoms with Gasteiger partial charge in [0.25, 0.3) is 0 Å². The minimum atomic E-state index is -0.965. The second-order valence-corrected chi connectivity index (χ2v) is 17.9. The van der Waals surface area contributed by atoms with E-state index < -0.39 is 24.0 Å². The van der Waals surface area contributed by atoms with E-state index in [1.807, 2.05) is 6.08 Å². The lowest BCUT2D eigenvalue weighted by molar-refractivity contribution is -0.131. The van der Waals surface area contributed by atoms with Crippen LogP contribution in [-0.4, -0.2) is 29.2 Å². The molecule has 2 atom stereocenters. The first-order chi connectivity index (χ1) is 18.5. The smallest absolute Gasteiger partial charge is 0.328 e. The van der Waals surface area contributed by atoms with Crippen molar-refractivity contribution in [2.45, 2.75) is 99.9 Å². The van der Waals surface area contributed by atoms with E-state index in [0.717, 1.165) is 39.1 Å². The summed E-state index contributed by atoms with van der Waals surface area (Å²) in [5.74, 6) is -0.132. The number of rotatable bonds is 13. The summed E-state index contributed by atoms with van der Waals surface area (Å²) in [7, 11) is -1.90. The van der Waals surface area contributed by atoms with Crippen LogP contribution in [0.25, 0.3) is 5.57 Å². The van der Waals surface area contributed by atoms with Gasteiger partial charge in [-0.05, 0) is 84.4 Å². The van der Waals surface area contributed by atoms with Crippen LogP contribution in [0.3, 0.4) is 0 Å². The molecule has 0 saturated carbocycles. The summed E-state index contributed by atoms with van der Waals surface area (Å²) in [6, 6.07) is 10.6. The van der Waals surface area contributed by atoms with E-state index in [1.165, 1.54) is 5.56 Å². The highest BCUT2D eigenvalue weighted by atomic mass is 32.1. The number of ether oxygens (including phenoxy) is 1. The van der Waals surface area contributed by atoms with Crippen molar-refractivity contribution in [3.63, 3.8) is 0 Å². The van der Waals surface area contributed by atoms with Crippen molar-refractivity contribution < 1.29 is 23.5 Å². The van der Waals surface area contributed by atoms with E-state index in [0.29, 0.717) is 6.61 Å². The summed E-state index contributed by atoms with van der Waals surface area (Å²) in [4.78, 5) is 13.0. The third-order valence-corrected chi connectivity index (χ3v) is 8.73. The van der Waals surface area contributed by atoms with Gasteiger partial charge in [-0.25, -0.2) is 4.79 Å². The van der Waals surface area contributed by atoms with Gasteiger partial charge >= 0.3 is 5.97 Å². The summed E-state index contributed by atoms with van der Waals surface area (Å²) >= 11 is 1.67. The number of aliphatic carboxylic acids is 1. The second-order valence-electron chi connectivity index (χ2n) is 12.6. The predicted molar refractivity (Wildman–Crippen MR) is 172 cm³/mol. The Labute approximate surface area is 249 Å². The fourth-order valence-electron chi connectivity index (χ4n) is 4.40. The van der Waals surface area contributed by atoms with E-state index in [1.54, 1.807) is 17.4 Å². The largest absolute Gasteiger partial charge is 0.488 e. The normalized spacial score (nSPS) is 14.8. The number of benzene rings is 1. The molecular formula is C32H48O5SSi2. The van der Waals surface area contributed by atoms with Crippen molar-refractivity contribution in [2.75, 3.05) is 0 Å². The number of thiophene rings is 1. The molecule has 220 valence electrons. The van der Waals surface area contributed by atoms with Gasteiger partial charge in [0.05, 0.1) is 12.2 Å². The number of allylic oxidation sites excluding steroid dienone is 3. The van der Waals surface area contributed by atoms with Crippen LogP contribution in [0.15, 0.2) is 48.6 Å². The topological polar surface area (TPSA) is 65.0 Å². The summed E-state index contributed by atoms with van der Waals surface area (Å²) in [5, 5.41) is 8.88. The fourth-order valence-corrected chi connectivity index (χ4v) is 7.32. The zero-order valence-electron chi connectivity index (χ0n) is 26.2. The first-order valence-corrected chi connectivity index (χ1v) is 19.6. The van der Waals surface area contributed by atoms with Crippen LogP contribution in [0.4, 0.5) is 0 Å². The van der Waals surface area contributed by atoms with Gasteiger partial charge < -0.3 is 18.7 Å². The second kappa shape index (κ2) is 14.8. The zero-order valence-corrected chi connectivity index (χ0v) is 29.0. The summed E-state index contributed by atoms with van der Waals surface area (Å²) < 4.78 is 19.7. The third kappa shape index (κ3) is 10.5. The van der Waals surface area contributed by atoms with Crippen molar-refractivity contribution in [3.8, 4) is 5.75 Å². The lowest BCUT2D eigenvalue weighted by atomic mass is 9.77. The zero-order chi connectivity index (χ0) is 30.3. The molecule has 0 aliphatic carbocycles. The molecule has 0 aliphatic heterocycles. The molecule has 0 aliphatic rings. The Balaban J connectivity index is 2.45. The van der Waals surface area contributed by atoms with Crippen molar-refractivity contribution >= 4 is 41.0 Å². The molecule has 1 N–H and O–H groups in total. The molecule has 1 heterocycles. The molecule has 2 rings (SSSR count). The summed E-state index contributed by atoms with van der Waals surface area (Å²) in [5.41, 5.74) is 3.24. The van der Waals surface area contributed by atoms with Gasteiger partial charge in [-0.15, -0.1) is 11.3 Å². The van der Waals surface area contributed by atoms with Crippen molar-refractivity contribution in [1.82, 2.24) is 0 Å². The quantitative estimate of drug-likeness (QED) is 0.141. The molecule has 0 bridgehead atoms. The highest BCUT2D eigenvalue weighted by Crippen LogP contribution is 2.46. The Bertz CT molecular complexity index is 1170. The van der Waals surface area contributed by atoms with Crippen LogP contribution in [0.1, 0.15) is 88.0 Å². The van der Waals surface area contributed by atoms with Crippen LogP contribution in [-0.2, 0) is 20.3 Å². The van der Waals surface area contributed by atoms with Gasteiger partial charge in [0.15, 0.2) is 0 Å². The van der Waals surface area contributed by atoms with Crippen molar-refractivity contribution in [2.24, 2.45) is 10.8 Å². The van der Waals surface area contributed by atoms with E-state index in [4.69, 9.17) is 18.7 Å². The van der Waals surface area contributed by atoms with Gasteiger partial charge in [0.2, 0.25) is 18.1 Å². The standard InChI is InChI=1S/C32H48O5SSi2/c1-12-22(14-13-15-28(33)34)27-19-17-24(38-27)21-35-23-16-18-25(29(31(2,3)4)36-39(8)9)26(20-23)30(32(5,6)7)37-40(10)11/h13-20,29-30H,12,21H2,1-11H3,(H,33,34). The van der Waals surface area contributed by atoms with Crippen LogP contribution < -0.4 is 4.74 Å². The molecule has 5 nitrogen and oxygen atoms in total. The van der Waals surface area contributed by atoms with Crippen LogP contribution in [0, 0.1) is 10.8 Å². The van der Waals surface area contributed by atoms with Crippen molar-refractivity contribution in [1.29, 1.82) is 0 Å². The molecule has 1 aromatic heterocycles. The monoisotopic (exact) mass is 600 g/mol. The van der Waals surface area contributed by atoms with Crippen LogP contribution in [0.5, 0.6) is 5.75 Å². The molecule has 0 spiro atoms. The molecule has 8 heteroatoms. The lowest BCUT2D eigenvalue weighted by Crippen LogP contribution is -2.31. The van der Waals surface area contributed by atoms with Gasteiger partial charge in [0, 0.05) is 15.8 Å². The first kappa shape index (κ1) is 34.2. The average molecular weight is 601 g/mol. The molecule has 0 saturated heterocycles. The summed E-state index contributed by atoms with van der Waals surface area (Å²) in [6.07, 6.45) is 5.29. The predicted octanol–water partition coefficient (Wildman–Crippen LogP) is 9.47. The van der Waals surface area contributed by atoms with E-state index in [2.05, 4.69) is 105 Å². The Morgan fingerprint density at radius 1 is 0.925 bits per heavy atom. The average Bonchev–Trinajstić information content (AvgIpc) is 3.29. The molecule has 0 fully saturated rings. The molecular weight excluding hydrogens is 553 g/mol. The third-order valence-electron chi connectivity index (χ3n) is 6.18. The molecule has 2 unspecified atom stereocenters. The molecule has 2 radical (unpaired) electrons. The lowest BCUT2D eigenvalue weighted by Gasteiger charge is -2.39. The molecule has 0 amide bonds. The van der Waals surface area contributed by atoms with E-state index >= 15 is 0 Å². The van der Waals surface area contributed by atoms with Crippen LogP contribution in [0.2, 0.25) is 26.2 Å². The molecule has 1 aromatic carbocycles. The van der Waals surface area contributed by atoms with Gasteiger partial charge in [-0.1, -0.05) is 66.7 Å². The minimum absolute atomic E-state index is 0.0486. The highest BCUT2D eigenvalue weighted by molar-refractivity contribution is 7.13. The number of carbonyl (C=O) groups is 1. The fraction of sp³-hybridized carbons (Fsp3) is 0.531. The minimum Gasteiger partial charge on any atom is -0.488 e. The maximum Gasteiger partial charge on any atom is 0.328 e. The number of hydrogen-bond acceptors (Lipinski definition) is 5. The highest BCUT2D eigenvalue weighted by Gasteiger charge is 2.36. The Kier molecular flexibility index (Phi) is 12.6. The van der Waals surface area contributed by atoms with E-state index in [-0.39, 0.29) is 23.0 Å². The molecule has 2 aromatic rings. The first-order valence-electron chi connectivity index (χ1n) is 13.9. The van der Waals surface area contributed by atoms with E-state index in [9.17, 15) is 4.79 Å². The number of hydrogen-bond donors (Lipinski definition) is 1. The molecule has 40 heavy (non-hydrogen) atoms. The van der Waals surface area contributed by atoms with Gasteiger partial charge in [-0.3, -0.25) is 0 Å². The Morgan fingerprint density at radius 3 is 2.00 bits per heavy atom. The van der Waals surface area contributed by atoms with Gasteiger partial charge in [0.1, 0.15) is 12.4 Å². The Hall–Kier alpha value is -1.98. The Morgan fingerprint density at radius 2 is 1.50 bits per heavy atom. The maximum absolute atomic E-state index is 10.8. The maximum atomic E-state index is 10.8. The van der Waals surface area contributed by atoms with Crippen molar-refractivity contribution in [3.05, 3.63) is 69.4 Å². The van der Waals surface area contributed by atoms with Crippen LogP contribution >= 0.6 is 11.3 Å². The number of carboxylic acids is 1.